The molecule has 9 aromatic carbocycles. The number of nitrogens with zero attached hydrogens (tertiary/aromatic N) is 1. The molecular weight excluding hydrogens is 707 g/mol. The first-order valence-corrected chi connectivity index (χ1v) is 20.5. The van der Waals surface area contributed by atoms with Crippen LogP contribution in [0.1, 0.15) is 22.3 Å². The fraction of sp³-hybridized carbons (Fsp3) is 0.0182. The summed E-state index contributed by atoms with van der Waals surface area (Å²) in [6.45, 7) is 0. The van der Waals surface area contributed by atoms with Gasteiger partial charge in [0.15, 0.2) is 0 Å². The van der Waals surface area contributed by atoms with Crippen LogP contribution in [0.15, 0.2) is 212 Å². The third-order valence-corrected chi connectivity index (χ3v) is 13.4. The second-order valence-electron chi connectivity index (χ2n) is 15.2. The largest absolute Gasteiger partial charge is 0.310 e. The first-order chi connectivity index (χ1) is 28.3. The number of rotatable bonds is 5. The first kappa shape index (κ1) is 32.3. The van der Waals surface area contributed by atoms with E-state index in [2.05, 4.69) is 217 Å². The van der Waals surface area contributed by atoms with Gasteiger partial charge in [-0.25, -0.2) is 0 Å². The van der Waals surface area contributed by atoms with E-state index in [1.807, 2.05) is 11.3 Å². The number of thiophene rings is 1. The van der Waals surface area contributed by atoms with Crippen LogP contribution in [0.2, 0.25) is 0 Å². The number of hydrogen-bond donors (Lipinski definition) is 0. The summed E-state index contributed by atoms with van der Waals surface area (Å²) in [5.41, 5.74) is 18.5. The van der Waals surface area contributed by atoms with Crippen molar-refractivity contribution in [2.75, 3.05) is 4.90 Å². The molecule has 1 heterocycles. The molecule has 266 valence electrons. The van der Waals surface area contributed by atoms with Gasteiger partial charge in [0.05, 0.1) is 11.1 Å². The number of anilines is 3. The fourth-order valence-electron chi connectivity index (χ4n) is 9.98. The van der Waals surface area contributed by atoms with Gasteiger partial charge >= 0.3 is 0 Å². The lowest BCUT2D eigenvalue weighted by Gasteiger charge is -2.32. The zero-order valence-electron chi connectivity index (χ0n) is 31.1. The lowest BCUT2D eigenvalue weighted by molar-refractivity contribution is 0.794. The smallest absolute Gasteiger partial charge is 0.0726 e. The molecule has 0 aliphatic heterocycles. The average molecular weight is 742 g/mol. The van der Waals surface area contributed by atoms with Crippen LogP contribution in [0.3, 0.4) is 0 Å². The summed E-state index contributed by atoms with van der Waals surface area (Å²) in [6.07, 6.45) is 0. The predicted octanol–water partition coefficient (Wildman–Crippen LogP) is 15.2. The molecule has 0 N–H and O–H groups in total. The highest BCUT2D eigenvalue weighted by atomic mass is 32.1. The van der Waals surface area contributed by atoms with E-state index in [-0.39, 0.29) is 0 Å². The molecule has 2 aliphatic carbocycles. The highest BCUT2D eigenvalue weighted by Gasteiger charge is 2.52. The fourth-order valence-corrected chi connectivity index (χ4v) is 11.1. The molecule has 0 fully saturated rings. The molecule has 0 unspecified atom stereocenters. The molecule has 0 saturated heterocycles. The van der Waals surface area contributed by atoms with Gasteiger partial charge in [0.2, 0.25) is 0 Å². The molecule has 57 heavy (non-hydrogen) atoms. The van der Waals surface area contributed by atoms with Gasteiger partial charge in [-0.3, -0.25) is 0 Å². The third kappa shape index (κ3) is 4.62. The van der Waals surface area contributed by atoms with E-state index >= 15 is 0 Å². The van der Waals surface area contributed by atoms with Crippen molar-refractivity contribution in [2.24, 2.45) is 0 Å². The van der Waals surface area contributed by atoms with E-state index in [1.165, 1.54) is 92.6 Å². The topological polar surface area (TPSA) is 3.24 Å². The van der Waals surface area contributed by atoms with Gasteiger partial charge in [-0.2, -0.15) is 0 Å². The SMILES string of the molecule is c1ccc(-c2ccc(N(c3ccc(-c4cccc5sc6ccccc6c45)cc3)c3cccc4c3-c3ccccc3C43c4ccccc4-c4ccccc43)cc2)cc1. The van der Waals surface area contributed by atoms with Crippen LogP contribution in [0.4, 0.5) is 17.1 Å². The molecule has 1 nitrogen and oxygen atoms in total. The Labute approximate surface area is 336 Å². The van der Waals surface area contributed by atoms with Gasteiger partial charge < -0.3 is 4.90 Å². The minimum atomic E-state index is -0.413. The Hall–Kier alpha value is -7.00. The minimum Gasteiger partial charge on any atom is -0.310 e. The van der Waals surface area contributed by atoms with Crippen LogP contribution in [-0.4, -0.2) is 0 Å². The lowest BCUT2D eigenvalue weighted by atomic mass is 9.70. The van der Waals surface area contributed by atoms with Gasteiger partial charge in [-0.05, 0) is 104 Å². The second-order valence-corrected chi connectivity index (χ2v) is 16.2. The lowest BCUT2D eigenvalue weighted by Crippen LogP contribution is -2.26. The molecule has 2 heteroatoms. The third-order valence-electron chi connectivity index (χ3n) is 12.3. The molecule has 0 bridgehead atoms. The average Bonchev–Trinajstić information content (AvgIpc) is 3.92. The maximum atomic E-state index is 2.47. The van der Waals surface area contributed by atoms with Crippen molar-refractivity contribution < 1.29 is 0 Å². The van der Waals surface area contributed by atoms with Crippen molar-refractivity contribution in [3.63, 3.8) is 0 Å². The molecule has 0 saturated carbocycles. The van der Waals surface area contributed by atoms with E-state index < -0.39 is 5.41 Å². The predicted molar refractivity (Wildman–Crippen MR) is 241 cm³/mol. The summed E-state index contributed by atoms with van der Waals surface area (Å²) >= 11 is 1.87. The van der Waals surface area contributed by atoms with Crippen LogP contribution in [0.25, 0.3) is 64.7 Å². The van der Waals surface area contributed by atoms with Gasteiger partial charge in [-0.15, -0.1) is 11.3 Å². The Balaban J connectivity index is 1.08. The van der Waals surface area contributed by atoms with Gasteiger partial charge in [0, 0.05) is 37.1 Å². The molecule has 12 rings (SSSR count). The maximum Gasteiger partial charge on any atom is 0.0726 e. The second kappa shape index (κ2) is 12.5. The highest BCUT2D eigenvalue weighted by Crippen LogP contribution is 2.64. The zero-order chi connectivity index (χ0) is 37.5. The molecule has 2 aliphatic rings. The Morgan fingerprint density at radius 3 is 1.53 bits per heavy atom. The first-order valence-electron chi connectivity index (χ1n) is 19.7. The molecule has 10 aromatic rings. The summed E-state index contributed by atoms with van der Waals surface area (Å²) in [5, 5.41) is 2.65. The number of fused-ring (bicyclic) bond motifs is 13. The van der Waals surface area contributed by atoms with E-state index in [0.717, 1.165) is 11.4 Å². The summed E-state index contributed by atoms with van der Waals surface area (Å²) in [4.78, 5) is 2.47. The standard InChI is InChI=1S/C55H35NS/c1-2-14-36(15-3-1)37-28-32-39(33-29-37)56(40-34-30-38(31-35-40)41-20-12-27-52-53(41)45-19-7-11-26-51(45)57-52)50-25-13-24-49-54(50)44-18-6-10-23-48(44)55(49)46-21-8-4-16-42(46)43-17-5-9-22-47(43)55/h1-35H. The summed E-state index contributed by atoms with van der Waals surface area (Å²) in [7, 11) is 0. The Morgan fingerprint density at radius 1 is 0.333 bits per heavy atom. The van der Waals surface area contributed by atoms with Gasteiger partial charge in [0.1, 0.15) is 0 Å². The van der Waals surface area contributed by atoms with Crippen LogP contribution >= 0.6 is 11.3 Å². The van der Waals surface area contributed by atoms with Crippen molar-refractivity contribution in [1.29, 1.82) is 0 Å². The number of hydrogen-bond acceptors (Lipinski definition) is 2. The maximum absolute atomic E-state index is 2.47. The van der Waals surface area contributed by atoms with Crippen LogP contribution in [-0.2, 0) is 5.41 Å². The van der Waals surface area contributed by atoms with E-state index in [0.29, 0.717) is 0 Å². The zero-order valence-corrected chi connectivity index (χ0v) is 31.9. The minimum absolute atomic E-state index is 0.413. The normalized spacial score (nSPS) is 13.1. The molecule has 0 amide bonds. The van der Waals surface area contributed by atoms with E-state index in [1.54, 1.807) is 0 Å². The molecule has 0 radical (unpaired) electrons. The molecule has 0 atom stereocenters. The Morgan fingerprint density at radius 2 is 0.825 bits per heavy atom. The number of benzene rings is 9. The van der Waals surface area contributed by atoms with Gasteiger partial charge in [-0.1, -0.05) is 170 Å². The van der Waals surface area contributed by atoms with Crippen molar-refractivity contribution in [1.82, 2.24) is 0 Å². The quantitative estimate of drug-likeness (QED) is 0.170. The van der Waals surface area contributed by atoms with Crippen molar-refractivity contribution in [3.05, 3.63) is 235 Å². The molecular formula is C55H35NS. The highest BCUT2D eigenvalue weighted by molar-refractivity contribution is 7.25. The summed E-state index contributed by atoms with van der Waals surface area (Å²) < 4.78 is 2.64. The Kier molecular flexibility index (Phi) is 7.08. The van der Waals surface area contributed by atoms with Crippen LogP contribution in [0.5, 0.6) is 0 Å². The van der Waals surface area contributed by atoms with Gasteiger partial charge in [0.25, 0.3) is 0 Å². The van der Waals surface area contributed by atoms with E-state index in [4.69, 9.17) is 0 Å². The Bertz CT molecular complexity index is 3130. The molecule has 1 aromatic heterocycles. The van der Waals surface area contributed by atoms with Crippen molar-refractivity contribution in [2.45, 2.75) is 5.41 Å². The van der Waals surface area contributed by atoms with E-state index in [9.17, 15) is 0 Å². The summed E-state index contributed by atoms with van der Waals surface area (Å²) in [5.74, 6) is 0. The monoisotopic (exact) mass is 741 g/mol. The van der Waals surface area contributed by atoms with Crippen molar-refractivity contribution >= 4 is 48.6 Å². The van der Waals surface area contributed by atoms with Crippen LogP contribution < -0.4 is 4.90 Å². The molecule has 1 spiro atoms. The summed E-state index contributed by atoms with van der Waals surface area (Å²) in [6, 6.07) is 78.6. The van der Waals surface area contributed by atoms with Crippen molar-refractivity contribution in [3.8, 4) is 44.5 Å². The van der Waals surface area contributed by atoms with Crippen LogP contribution in [0, 0.1) is 0 Å².